The Hall–Kier alpha value is -1.81. The molecule has 0 aliphatic carbocycles. The number of para-hydroxylation sites is 1. The molecular formula is C20H31N3O. The number of rotatable bonds is 6. The molecule has 2 aromatic rings. The number of benzene rings is 1. The van der Waals surface area contributed by atoms with Gasteiger partial charge in [-0.25, -0.2) is 0 Å². The second-order valence-electron chi connectivity index (χ2n) is 6.28. The molecule has 0 saturated heterocycles. The van der Waals surface area contributed by atoms with Gasteiger partial charge in [-0.1, -0.05) is 52.3 Å². The Labute approximate surface area is 145 Å². The summed E-state index contributed by atoms with van der Waals surface area (Å²) in [4.78, 5) is 6.99. The molecular weight excluding hydrogens is 298 g/mol. The van der Waals surface area contributed by atoms with Gasteiger partial charge in [-0.05, 0) is 24.8 Å². The third-order valence-electron chi connectivity index (χ3n) is 4.38. The van der Waals surface area contributed by atoms with E-state index in [1.807, 2.05) is 26.1 Å². The number of aromatic nitrogens is 1. The first kappa shape index (κ1) is 18.5. The van der Waals surface area contributed by atoms with E-state index in [1.165, 1.54) is 23.9 Å². The van der Waals surface area contributed by atoms with E-state index >= 15 is 0 Å². The summed E-state index contributed by atoms with van der Waals surface area (Å²) in [6.45, 7) is 9.40. The van der Waals surface area contributed by atoms with Gasteiger partial charge in [0.05, 0.1) is 29.3 Å². The number of nitrogens with one attached hydrogen (secondary N) is 1. The average molecular weight is 329 g/mol. The molecule has 4 heteroatoms. The van der Waals surface area contributed by atoms with Crippen LogP contribution < -0.4 is 10.2 Å². The van der Waals surface area contributed by atoms with Crippen molar-refractivity contribution in [1.82, 2.24) is 4.98 Å². The maximum Gasteiger partial charge on any atom is 0.0991 e. The zero-order valence-corrected chi connectivity index (χ0v) is 15.4. The van der Waals surface area contributed by atoms with Gasteiger partial charge in [-0.15, -0.1) is 0 Å². The lowest BCUT2D eigenvalue weighted by Crippen LogP contribution is -2.39. The van der Waals surface area contributed by atoms with Crippen LogP contribution in [0.2, 0.25) is 0 Å². The number of unbranched alkanes of at least 4 members (excludes halogenated alkanes) is 1. The molecule has 0 fully saturated rings. The Kier molecular flexibility index (Phi) is 6.85. The highest BCUT2D eigenvalue weighted by molar-refractivity contribution is 6.00. The Morgan fingerprint density at radius 1 is 1.29 bits per heavy atom. The zero-order valence-electron chi connectivity index (χ0n) is 15.4. The molecule has 0 spiro atoms. The fraction of sp³-hybridized carbons (Fsp3) is 0.550. The molecule has 3 rings (SSSR count). The highest BCUT2D eigenvalue weighted by atomic mass is 16.3. The summed E-state index contributed by atoms with van der Waals surface area (Å²) in [7, 11) is 0. The van der Waals surface area contributed by atoms with E-state index in [4.69, 9.17) is 0 Å². The maximum atomic E-state index is 9.46. The van der Waals surface area contributed by atoms with Gasteiger partial charge >= 0.3 is 0 Å². The summed E-state index contributed by atoms with van der Waals surface area (Å²) in [6.07, 6.45) is 5.74. The molecule has 2 atom stereocenters. The molecule has 132 valence electrons. The third kappa shape index (κ3) is 3.81. The average Bonchev–Trinajstić information content (AvgIpc) is 2.99. The maximum absolute atomic E-state index is 9.46. The molecule has 24 heavy (non-hydrogen) atoms. The van der Waals surface area contributed by atoms with Crippen LogP contribution in [0.3, 0.4) is 0 Å². The molecule has 2 N–H and O–H groups in total. The number of hydrogen-bond acceptors (Lipinski definition) is 4. The van der Waals surface area contributed by atoms with Crippen LogP contribution in [-0.4, -0.2) is 29.4 Å². The van der Waals surface area contributed by atoms with E-state index in [2.05, 4.69) is 47.2 Å². The normalized spacial score (nSPS) is 17.0. The fourth-order valence-corrected chi connectivity index (χ4v) is 3.19. The molecule has 1 aromatic heterocycles. The van der Waals surface area contributed by atoms with E-state index in [0.29, 0.717) is 6.17 Å². The van der Waals surface area contributed by atoms with Crippen LogP contribution in [0.5, 0.6) is 0 Å². The summed E-state index contributed by atoms with van der Waals surface area (Å²) < 4.78 is 0. The minimum Gasteiger partial charge on any atom is -0.396 e. The highest BCUT2D eigenvalue weighted by Gasteiger charge is 2.30. The van der Waals surface area contributed by atoms with Gasteiger partial charge in [0.2, 0.25) is 0 Å². The quantitative estimate of drug-likeness (QED) is 0.810. The number of nitrogens with zero attached hydrogens (tertiary/aromatic N) is 2. The monoisotopic (exact) mass is 329 g/mol. The number of aliphatic hydroxyl groups excluding tert-OH is 1. The molecule has 1 aromatic carbocycles. The van der Waals surface area contributed by atoms with Crippen molar-refractivity contribution in [3.8, 4) is 0 Å². The molecule has 2 heterocycles. The van der Waals surface area contributed by atoms with Crippen molar-refractivity contribution < 1.29 is 5.11 Å². The lowest BCUT2D eigenvalue weighted by atomic mass is 10.1. The predicted octanol–water partition coefficient (Wildman–Crippen LogP) is 4.64. The van der Waals surface area contributed by atoms with Crippen LogP contribution >= 0.6 is 0 Å². The van der Waals surface area contributed by atoms with Crippen LogP contribution in [-0.2, 0) is 0 Å². The largest absolute Gasteiger partial charge is 0.396 e. The topological polar surface area (TPSA) is 48.4 Å². The molecule has 0 amide bonds. The minimum atomic E-state index is 0.218. The van der Waals surface area contributed by atoms with Crippen molar-refractivity contribution >= 4 is 22.3 Å². The molecule has 0 radical (unpaired) electrons. The Bertz CT molecular complexity index is 644. The van der Waals surface area contributed by atoms with Gasteiger partial charge < -0.3 is 15.3 Å². The van der Waals surface area contributed by atoms with Crippen LogP contribution in [0, 0.1) is 5.92 Å². The Morgan fingerprint density at radius 2 is 2.04 bits per heavy atom. The lowest BCUT2D eigenvalue weighted by Gasteiger charge is -2.29. The highest BCUT2D eigenvalue weighted by Crippen LogP contribution is 2.41. The summed E-state index contributed by atoms with van der Waals surface area (Å²) in [5.74, 6) is 0.254. The number of fused-ring (bicyclic) bond motifs is 3. The Morgan fingerprint density at radius 3 is 2.75 bits per heavy atom. The van der Waals surface area contributed by atoms with E-state index in [1.54, 1.807) is 0 Å². The van der Waals surface area contributed by atoms with Crippen LogP contribution in [0.25, 0.3) is 10.9 Å². The van der Waals surface area contributed by atoms with Crippen molar-refractivity contribution in [2.75, 3.05) is 23.4 Å². The van der Waals surface area contributed by atoms with E-state index in [9.17, 15) is 5.11 Å². The molecule has 0 bridgehead atoms. The van der Waals surface area contributed by atoms with Gasteiger partial charge in [0, 0.05) is 18.5 Å². The van der Waals surface area contributed by atoms with Crippen molar-refractivity contribution in [3.05, 3.63) is 30.5 Å². The van der Waals surface area contributed by atoms with E-state index < -0.39 is 0 Å². The molecule has 1 aliphatic rings. The van der Waals surface area contributed by atoms with Crippen molar-refractivity contribution in [1.29, 1.82) is 0 Å². The molecule has 2 unspecified atom stereocenters. The van der Waals surface area contributed by atoms with Gasteiger partial charge in [0.1, 0.15) is 0 Å². The van der Waals surface area contributed by atoms with E-state index in [-0.39, 0.29) is 12.5 Å². The first-order chi connectivity index (χ1) is 11.7. The summed E-state index contributed by atoms with van der Waals surface area (Å²) in [6, 6.07) is 8.29. The third-order valence-corrected chi connectivity index (χ3v) is 4.38. The first-order valence-corrected chi connectivity index (χ1v) is 9.26. The number of pyridine rings is 1. The van der Waals surface area contributed by atoms with Crippen LogP contribution in [0.1, 0.15) is 47.0 Å². The van der Waals surface area contributed by atoms with Crippen molar-refractivity contribution in [2.45, 2.75) is 53.1 Å². The smallest absolute Gasteiger partial charge is 0.0991 e. The lowest BCUT2D eigenvalue weighted by molar-refractivity contribution is 0.238. The van der Waals surface area contributed by atoms with Crippen LogP contribution in [0.4, 0.5) is 11.4 Å². The Balaban J connectivity index is 0.00000100. The summed E-state index contributed by atoms with van der Waals surface area (Å²) in [5.41, 5.74) is 3.39. The zero-order chi connectivity index (χ0) is 17.5. The molecule has 0 saturated carbocycles. The molecule has 1 aliphatic heterocycles. The fourth-order valence-electron chi connectivity index (χ4n) is 3.19. The molecule has 4 nitrogen and oxygen atoms in total. The van der Waals surface area contributed by atoms with Gasteiger partial charge in [0.25, 0.3) is 0 Å². The number of aliphatic hydroxyl groups is 1. The standard InChI is InChI=1S/C18H25N3O.C2H6/c1-3-4-9-17-20-16-10-19-15-8-6-5-7-14(15)18(16)21(17)11-13(2)12-22;1-2/h5-8,10,13,17,20,22H,3-4,9,11-12H2,1-2H3;1-2H3. The predicted molar refractivity (Wildman–Crippen MR) is 104 cm³/mol. The van der Waals surface area contributed by atoms with Gasteiger partial charge in [-0.3, -0.25) is 4.98 Å². The SMILES string of the molecule is CC.CCCCC1Nc2cnc3ccccc3c2N1CC(C)CO. The van der Waals surface area contributed by atoms with Crippen molar-refractivity contribution in [2.24, 2.45) is 5.92 Å². The minimum absolute atomic E-state index is 0.218. The van der Waals surface area contributed by atoms with E-state index in [0.717, 1.165) is 24.2 Å². The number of anilines is 2. The second-order valence-corrected chi connectivity index (χ2v) is 6.28. The van der Waals surface area contributed by atoms with Crippen LogP contribution in [0.15, 0.2) is 30.5 Å². The van der Waals surface area contributed by atoms with Gasteiger partial charge in [0.15, 0.2) is 0 Å². The van der Waals surface area contributed by atoms with Crippen molar-refractivity contribution in [3.63, 3.8) is 0 Å². The number of hydrogen-bond donors (Lipinski definition) is 2. The second kappa shape index (κ2) is 8.88. The summed E-state index contributed by atoms with van der Waals surface area (Å²) in [5, 5.41) is 14.3. The summed E-state index contributed by atoms with van der Waals surface area (Å²) >= 11 is 0. The van der Waals surface area contributed by atoms with Gasteiger partial charge in [-0.2, -0.15) is 0 Å². The first-order valence-electron chi connectivity index (χ1n) is 9.26.